The predicted molar refractivity (Wildman–Crippen MR) is 91.4 cm³/mol. The number of hydrogen-bond acceptors (Lipinski definition) is 4. The lowest BCUT2D eigenvalue weighted by Gasteiger charge is -2.19. The van der Waals surface area contributed by atoms with E-state index >= 15 is 0 Å². The molecule has 2 aromatic rings. The quantitative estimate of drug-likeness (QED) is 0.775. The Bertz CT molecular complexity index is 715. The smallest absolute Gasteiger partial charge is 0.344 e. The lowest BCUT2D eigenvalue weighted by Crippen LogP contribution is -2.29. The van der Waals surface area contributed by atoms with Crippen molar-refractivity contribution in [3.63, 3.8) is 0 Å². The highest BCUT2D eigenvalue weighted by atomic mass is 32.1. The third-order valence-electron chi connectivity index (χ3n) is 3.64. The van der Waals surface area contributed by atoms with Crippen LogP contribution in [0.15, 0.2) is 29.6 Å². The summed E-state index contributed by atoms with van der Waals surface area (Å²) in [4.78, 5) is 16.6. The fourth-order valence-corrected chi connectivity index (χ4v) is 3.22. The van der Waals surface area contributed by atoms with Gasteiger partial charge in [0.05, 0.1) is 16.6 Å². The third-order valence-corrected chi connectivity index (χ3v) is 4.55. The van der Waals surface area contributed by atoms with Crippen molar-refractivity contribution in [2.75, 3.05) is 6.54 Å². The predicted octanol–water partition coefficient (Wildman–Crippen LogP) is 3.93. The number of benzene rings is 1. The molecule has 0 aliphatic heterocycles. The van der Waals surface area contributed by atoms with Crippen LogP contribution in [0.3, 0.4) is 0 Å². The Morgan fingerprint density at radius 2 is 2.16 bits per heavy atom. The van der Waals surface area contributed by atoms with Gasteiger partial charge in [0.2, 0.25) is 0 Å². The molecule has 0 bridgehead atoms. The molecule has 25 heavy (non-hydrogen) atoms. The lowest BCUT2D eigenvalue weighted by atomic mass is 9.99. The van der Waals surface area contributed by atoms with Gasteiger partial charge in [-0.1, -0.05) is 25.5 Å². The minimum absolute atomic E-state index is 0.265. The molecule has 0 aliphatic carbocycles. The second kappa shape index (κ2) is 8.44. The molecule has 1 atom stereocenters. The van der Waals surface area contributed by atoms with Crippen molar-refractivity contribution >= 4 is 17.2 Å². The van der Waals surface area contributed by atoms with Gasteiger partial charge in [-0.15, -0.1) is 11.3 Å². The summed E-state index contributed by atoms with van der Waals surface area (Å²) >= 11 is 1.34. The van der Waals surface area contributed by atoms with Crippen LogP contribution in [0.4, 0.5) is 13.2 Å². The molecule has 0 aliphatic rings. The Hall–Kier alpha value is -1.93. The summed E-state index contributed by atoms with van der Waals surface area (Å²) < 4.78 is 38.7. The minimum atomic E-state index is -4.41. The fourth-order valence-electron chi connectivity index (χ4n) is 2.43. The van der Waals surface area contributed by atoms with E-state index in [2.05, 4.69) is 10.3 Å². The van der Waals surface area contributed by atoms with Crippen molar-refractivity contribution < 1.29 is 18.0 Å². The van der Waals surface area contributed by atoms with E-state index < -0.39 is 23.7 Å². The molecule has 0 fully saturated rings. The Labute approximate surface area is 148 Å². The van der Waals surface area contributed by atoms with Crippen molar-refractivity contribution in [2.45, 2.75) is 38.4 Å². The van der Waals surface area contributed by atoms with E-state index in [-0.39, 0.29) is 5.69 Å². The van der Waals surface area contributed by atoms with E-state index in [1.54, 1.807) is 11.4 Å². The van der Waals surface area contributed by atoms with Crippen LogP contribution in [0, 0.1) is 0 Å². The average molecular weight is 371 g/mol. The molecule has 8 heteroatoms. The standard InChI is InChI=1S/C17H20F3N3OS/c1-2-4-13(11-5-3-6-12(9-11)17(18,19)20)23-16(24)14-10-25-15(22-14)7-8-21/h3,5-6,9-10,13H,2,4,7-8,21H2,1H3,(H,23,24). The second-order valence-corrected chi connectivity index (χ2v) is 6.55. The molecule has 0 spiro atoms. The fraction of sp³-hybridized carbons (Fsp3) is 0.412. The molecule has 0 saturated carbocycles. The average Bonchev–Trinajstić information content (AvgIpc) is 3.03. The van der Waals surface area contributed by atoms with Gasteiger partial charge in [0, 0.05) is 11.8 Å². The van der Waals surface area contributed by atoms with E-state index in [4.69, 9.17) is 5.73 Å². The highest BCUT2D eigenvalue weighted by Gasteiger charge is 2.31. The molecule has 1 aromatic carbocycles. The van der Waals surface area contributed by atoms with Crippen molar-refractivity contribution in [1.82, 2.24) is 10.3 Å². The number of alkyl halides is 3. The number of thiazole rings is 1. The molecule has 3 N–H and O–H groups in total. The number of halogens is 3. The minimum Gasteiger partial charge on any atom is -0.344 e. The number of hydrogen-bond donors (Lipinski definition) is 2. The topological polar surface area (TPSA) is 68.0 Å². The molecule has 4 nitrogen and oxygen atoms in total. The molecular formula is C17H20F3N3OS. The maximum absolute atomic E-state index is 12.9. The highest BCUT2D eigenvalue weighted by molar-refractivity contribution is 7.09. The normalized spacial score (nSPS) is 12.8. The van der Waals surface area contributed by atoms with Gasteiger partial charge in [-0.2, -0.15) is 13.2 Å². The Morgan fingerprint density at radius 1 is 1.40 bits per heavy atom. The monoisotopic (exact) mass is 371 g/mol. The number of nitrogens with zero attached hydrogens (tertiary/aromatic N) is 1. The number of carbonyl (C=O) groups excluding carboxylic acids is 1. The van der Waals surface area contributed by atoms with Gasteiger partial charge in [-0.25, -0.2) is 4.98 Å². The number of nitrogens with two attached hydrogens (primary N) is 1. The summed E-state index contributed by atoms with van der Waals surface area (Å²) in [5.41, 5.74) is 5.44. The first-order valence-corrected chi connectivity index (χ1v) is 8.85. The summed E-state index contributed by atoms with van der Waals surface area (Å²) in [5, 5.41) is 5.19. The summed E-state index contributed by atoms with van der Waals surface area (Å²) in [6, 6.07) is 4.56. The van der Waals surface area contributed by atoms with E-state index in [1.807, 2.05) is 6.92 Å². The zero-order valence-corrected chi connectivity index (χ0v) is 14.6. The molecule has 136 valence electrons. The van der Waals surface area contributed by atoms with Gasteiger partial charge in [0.15, 0.2) is 0 Å². The van der Waals surface area contributed by atoms with Crippen LogP contribution < -0.4 is 11.1 Å². The summed E-state index contributed by atoms with van der Waals surface area (Å²) in [6.07, 6.45) is -2.57. The first-order valence-electron chi connectivity index (χ1n) is 7.97. The Balaban J connectivity index is 2.18. The van der Waals surface area contributed by atoms with Crippen molar-refractivity contribution in [3.8, 4) is 0 Å². The summed E-state index contributed by atoms with van der Waals surface area (Å²) in [7, 11) is 0. The Kier molecular flexibility index (Phi) is 6.55. The molecule has 1 aromatic heterocycles. The molecular weight excluding hydrogens is 351 g/mol. The second-order valence-electron chi connectivity index (χ2n) is 5.60. The van der Waals surface area contributed by atoms with E-state index in [0.29, 0.717) is 24.9 Å². The van der Waals surface area contributed by atoms with Crippen LogP contribution in [-0.2, 0) is 12.6 Å². The number of rotatable bonds is 7. The van der Waals surface area contributed by atoms with E-state index in [9.17, 15) is 18.0 Å². The SMILES string of the molecule is CCCC(NC(=O)c1csc(CCN)n1)c1cccc(C(F)(F)F)c1. The van der Waals surface area contributed by atoms with Crippen LogP contribution in [0.2, 0.25) is 0 Å². The van der Waals surface area contributed by atoms with Crippen molar-refractivity contribution in [3.05, 3.63) is 51.5 Å². The van der Waals surface area contributed by atoms with E-state index in [0.717, 1.165) is 23.6 Å². The maximum Gasteiger partial charge on any atom is 0.416 e. The van der Waals surface area contributed by atoms with Crippen molar-refractivity contribution in [1.29, 1.82) is 0 Å². The van der Waals surface area contributed by atoms with Crippen molar-refractivity contribution in [2.24, 2.45) is 5.73 Å². The summed E-state index contributed by atoms with van der Waals surface area (Å²) in [6.45, 7) is 2.35. The van der Waals surface area contributed by atoms with Gasteiger partial charge in [0.25, 0.3) is 5.91 Å². The molecule has 1 amide bonds. The highest BCUT2D eigenvalue weighted by Crippen LogP contribution is 2.31. The van der Waals surface area contributed by atoms with Gasteiger partial charge in [-0.05, 0) is 30.7 Å². The zero-order valence-electron chi connectivity index (χ0n) is 13.8. The molecule has 0 radical (unpaired) electrons. The van der Waals surface area contributed by atoms with Crippen LogP contribution in [-0.4, -0.2) is 17.4 Å². The van der Waals surface area contributed by atoms with Gasteiger partial charge < -0.3 is 11.1 Å². The van der Waals surface area contributed by atoms with Crippen LogP contribution in [0.1, 0.15) is 52.4 Å². The van der Waals surface area contributed by atoms with E-state index in [1.165, 1.54) is 17.4 Å². The first-order chi connectivity index (χ1) is 11.8. The van der Waals surface area contributed by atoms with Gasteiger partial charge in [-0.3, -0.25) is 4.79 Å². The van der Waals surface area contributed by atoms with Gasteiger partial charge >= 0.3 is 6.18 Å². The number of nitrogens with one attached hydrogen (secondary N) is 1. The number of aromatic nitrogens is 1. The number of amides is 1. The zero-order chi connectivity index (χ0) is 18.4. The molecule has 1 unspecified atom stereocenters. The van der Waals surface area contributed by atoms with Crippen LogP contribution in [0.25, 0.3) is 0 Å². The molecule has 0 saturated heterocycles. The molecule has 1 heterocycles. The largest absolute Gasteiger partial charge is 0.416 e. The Morgan fingerprint density at radius 3 is 2.80 bits per heavy atom. The van der Waals surface area contributed by atoms with Crippen LogP contribution in [0.5, 0.6) is 0 Å². The van der Waals surface area contributed by atoms with Crippen LogP contribution >= 0.6 is 11.3 Å². The molecule has 2 rings (SSSR count). The first kappa shape index (κ1) is 19.4. The van der Waals surface area contributed by atoms with Gasteiger partial charge in [0.1, 0.15) is 5.69 Å². The summed E-state index contributed by atoms with van der Waals surface area (Å²) in [5.74, 6) is -0.393. The lowest BCUT2D eigenvalue weighted by molar-refractivity contribution is -0.137. The maximum atomic E-state index is 12.9. The third kappa shape index (κ3) is 5.27. The number of carbonyl (C=O) groups is 1.